The van der Waals surface area contributed by atoms with Crippen LogP contribution in [0.25, 0.3) is 0 Å². The molecule has 10 heavy (non-hydrogen) atoms. The first-order valence-corrected chi connectivity index (χ1v) is 3.67. The Morgan fingerprint density at radius 1 is 1.50 bits per heavy atom. The summed E-state index contributed by atoms with van der Waals surface area (Å²) < 4.78 is 0. The fourth-order valence-electron chi connectivity index (χ4n) is 1.37. The van der Waals surface area contributed by atoms with Gasteiger partial charge in [-0.2, -0.15) is 0 Å². The van der Waals surface area contributed by atoms with Crippen molar-refractivity contribution in [2.45, 2.75) is 25.7 Å². The van der Waals surface area contributed by atoms with E-state index in [1.807, 2.05) is 0 Å². The minimum absolute atomic E-state index is 0.0417. The summed E-state index contributed by atoms with van der Waals surface area (Å²) in [5.74, 6) is 0.250. The lowest BCUT2D eigenvalue weighted by Crippen LogP contribution is -2.27. The van der Waals surface area contributed by atoms with Gasteiger partial charge in [0.2, 0.25) is 5.91 Å². The van der Waals surface area contributed by atoms with E-state index in [4.69, 9.17) is 0 Å². The minimum atomic E-state index is 0.0417. The summed E-state index contributed by atoms with van der Waals surface area (Å²) in [4.78, 5) is 15.5. The van der Waals surface area contributed by atoms with Crippen molar-refractivity contribution in [1.29, 1.82) is 0 Å². The van der Waals surface area contributed by atoms with Crippen molar-refractivity contribution >= 4 is 5.91 Å². The van der Waals surface area contributed by atoms with Gasteiger partial charge in [-0.05, 0) is 12.8 Å². The third-order valence-corrected chi connectivity index (χ3v) is 1.93. The average Bonchev–Trinajstić information content (AvgIpc) is 2.38. The molecule has 0 unspecified atom stereocenters. The van der Waals surface area contributed by atoms with Crippen LogP contribution in [0.2, 0.25) is 0 Å². The molecule has 1 N–H and O–H groups in total. The highest BCUT2D eigenvalue weighted by Crippen LogP contribution is 2.24. The second-order valence-corrected chi connectivity index (χ2v) is 2.65. The van der Waals surface area contributed by atoms with Crippen molar-refractivity contribution in [3.05, 3.63) is 0 Å². The van der Waals surface area contributed by atoms with E-state index in [1.54, 1.807) is 0 Å². The molecule has 0 heterocycles. The van der Waals surface area contributed by atoms with Gasteiger partial charge in [0.1, 0.15) is 0 Å². The first kappa shape index (κ1) is 7.54. The second kappa shape index (κ2) is 3.56. The Morgan fingerprint density at radius 2 is 2.10 bits per heavy atom. The van der Waals surface area contributed by atoms with E-state index in [1.165, 1.54) is 20.0 Å². The number of carbonyl (C=O) groups is 1. The molecular weight excluding hydrogens is 130 g/mol. The zero-order chi connectivity index (χ0) is 7.40. The van der Waals surface area contributed by atoms with Crippen LogP contribution in [0, 0.1) is 5.92 Å². The van der Waals surface area contributed by atoms with Crippen molar-refractivity contribution in [1.82, 2.24) is 5.48 Å². The molecule has 0 bridgehead atoms. The van der Waals surface area contributed by atoms with E-state index in [2.05, 4.69) is 10.3 Å². The molecule has 1 amide bonds. The lowest BCUT2D eigenvalue weighted by Gasteiger charge is -2.06. The van der Waals surface area contributed by atoms with Gasteiger partial charge in [0.15, 0.2) is 0 Å². The zero-order valence-corrected chi connectivity index (χ0v) is 6.22. The van der Waals surface area contributed by atoms with Gasteiger partial charge in [-0.3, -0.25) is 9.63 Å². The number of carbonyl (C=O) groups excluding carboxylic acids is 1. The van der Waals surface area contributed by atoms with E-state index in [9.17, 15) is 4.79 Å². The Morgan fingerprint density at radius 3 is 2.60 bits per heavy atom. The van der Waals surface area contributed by atoms with Gasteiger partial charge >= 0.3 is 0 Å². The molecule has 0 aromatic rings. The number of hydrogen-bond acceptors (Lipinski definition) is 2. The predicted molar refractivity (Wildman–Crippen MR) is 37.1 cm³/mol. The zero-order valence-electron chi connectivity index (χ0n) is 6.22. The molecule has 58 valence electrons. The van der Waals surface area contributed by atoms with Crippen molar-refractivity contribution in [3.63, 3.8) is 0 Å². The largest absolute Gasteiger partial charge is 0.277 e. The van der Waals surface area contributed by atoms with Gasteiger partial charge in [-0.25, -0.2) is 5.48 Å². The lowest BCUT2D eigenvalue weighted by atomic mass is 10.1. The lowest BCUT2D eigenvalue weighted by molar-refractivity contribution is -0.135. The summed E-state index contributed by atoms with van der Waals surface area (Å²) in [5, 5.41) is 0. The van der Waals surface area contributed by atoms with Gasteiger partial charge in [0.05, 0.1) is 7.11 Å². The fraction of sp³-hybridized carbons (Fsp3) is 0.857. The molecule has 1 fully saturated rings. The molecular formula is C7H13NO2. The van der Waals surface area contributed by atoms with Crippen LogP contribution in [0.1, 0.15) is 25.7 Å². The smallest absolute Gasteiger partial charge is 0.246 e. The van der Waals surface area contributed by atoms with Crippen molar-refractivity contribution in [3.8, 4) is 0 Å². The Balaban J connectivity index is 2.25. The minimum Gasteiger partial charge on any atom is -0.277 e. The highest BCUT2D eigenvalue weighted by Gasteiger charge is 2.21. The van der Waals surface area contributed by atoms with Crippen LogP contribution < -0.4 is 5.48 Å². The summed E-state index contributed by atoms with van der Waals surface area (Å²) in [6, 6.07) is 0. The Kier molecular flexibility index (Phi) is 2.68. The van der Waals surface area contributed by atoms with Crippen LogP contribution in [0.3, 0.4) is 0 Å². The first-order valence-electron chi connectivity index (χ1n) is 3.67. The molecule has 3 heteroatoms. The fourth-order valence-corrected chi connectivity index (χ4v) is 1.37. The topological polar surface area (TPSA) is 38.3 Å². The van der Waals surface area contributed by atoms with E-state index in [0.717, 1.165) is 12.8 Å². The van der Waals surface area contributed by atoms with Crippen LogP contribution >= 0.6 is 0 Å². The molecule has 0 radical (unpaired) electrons. The molecule has 3 nitrogen and oxygen atoms in total. The number of amides is 1. The Labute approximate surface area is 60.7 Å². The monoisotopic (exact) mass is 143 g/mol. The standard InChI is InChI=1S/C7H13NO2/c1-10-8-7(9)6-4-2-3-5-6/h6H,2-5H2,1H3,(H,8,9). The quantitative estimate of drug-likeness (QED) is 0.582. The SMILES string of the molecule is CONC(=O)C1CCCC1. The molecule has 1 saturated carbocycles. The molecule has 0 spiro atoms. The van der Waals surface area contributed by atoms with E-state index in [-0.39, 0.29) is 11.8 Å². The maximum absolute atomic E-state index is 11.0. The van der Waals surface area contributed by atoms with Crippen LogP contribution in [0.15, 0.2) is 0 Å². The van der Waals surface area contributed by atoms with Crippen LogP contribution in [0.4, 0.5) is 0 Å². The van der Waals surface area contributed by atoms with Crippen molar-refractivity contribution < 1.29 is 9.63 Å². The summed E-state index contributed by atoms with van der Waals surface area (Å²) in [7, 11) is 1.47. The summed E-state index contributed by atoms with van der Waals surface area (Å²) in [6.45, 7) is 0. The maximum Gasteiger partial charge on any atom is 0.246 e. The van der Waals surface area contributed by atoms with Gasteiger partial charge in [0.25, 0.3) is 0 Å². The van der Waals surface area contributed by atoms with Gasteiger partial charge < -0.3 is 0 Å². The predicted octanol–water partition coefficient (Wildman–Crippen LogP) is 0.854. The van der Waals surface area contributed by atoms with Crippen LogP contribution in [-0.4, -0.2) is 13.0 Å². The molecule has 0 saturated heterocycles. The first-order chi connectivity index (χ1) is 4.84. The van der Waals surface area contributed by atoms with E-state index in [0.29, 0.717) is 0 Å². The molecule has 0 aromatic carbocycles. The molecule has 0 aromatic heterocycles. The summed E-state index contributed by atoms with van der Waals surface area (Å²) >= 11 is 0. The summed E-state index contributed by atoms with van der Waals surface area (Å²) in [6.07, 6.45) is 4.41. The van der Waals surface area contributed by atoms with Crippen molar-refractivity contribution in [2.75, 3.05) is 7.11 Å². The number of hydroxylamine groups is 1. The van der Waals surface area contributed by atoms with Crippen LogP contribution in [-0.2, 0) is 9.63 Å². The van der Waals surface area contributed by atoms with E-state index < -0.39 is 0 Å². The molecule has 0 aliphatic heterocycles. The Hall–Kier alpha value is -0.570. The number of rotatable bonds is 2. The normalized spacial score (nSPS) is 19.3. The highest BCUT2D eigenvalue weighted by molar-refractivity contribution is 5.77. The van der Waals surface area contributed by atoms with Gasteiger partial charge in [-0.1, -0.05) is 12.8 Å². The third-order valence-electron chi connectivity index (χ3n) is 1.93. The van der Waals surface area contributed by atoms with Crippen molar-refractivity contribution in [2.24, 2.45) is 5.92 Å². The van der Waals surface area contributed by atoms with Gasteiger partial charge in [0, 0.05) is 5.92 Å². The third kappa shape index (κ3) is 1.70. The van der Waals surface area contributed by atoms with Crippen LogP contribution in [0.5, 0.6) is 0 Å². The number of hydrogen-bond donors (Lipinski definition) is 1. The highest BCUT2D eigenvalue weighted by atomic mass is 16.6. The second-order valence-electron chi connectivity index (χ2n) is 2.65. The molecule has 1 aliphatic carbocycles. The van der Waals surface area contributed by atoms with E-state index >= 15 is 0 Å². The Bertz CT molecular complexity index is 119. The summed E-state index contributed by atoms with van der Waals surface area (Å²) in [5.41, 5.74) is 2.35. The molecule has 1 aliphatic rings. The average molecular weight is 143 g/mol. The molecule has 1 rings (SSSR count). The molecule has 0 atom stereocenters. The van der Waals surface area contributed by atoms with Gasteiger partial charge in [-0.15, -0.1) is 0 Å². The number of nitrogens with one attached hydrogen (secondary N) is 1. The maximum atomic E-state index is 11.0.